The first-order chi connectivity index (χ1) is 15.4. The lowest BCUT2D eigenvalue weighted by atomic mass is 9.94. The van der Waals surface area contributed by atoms with Crippen LogP contribution in [0.1, 0.15) is 24.0 Å². The molecular formula is C24H28N4O3S. The van der Waals surface area contributed by atoms with Crippen molar-refractivity contribution in [2.24, 2.45) is 10.3 Å². The van der Waals surface area contributed by atoms with E-state index in [0.29, 0.717) is 24.5 Å². The van der Waals surface area contributed by atoms with Crippen molar-refractivity contribution in [2.75, 3.05) is 44.2 Å². The molecule has 3 aliphatic rings. The molecule has 0 spiro atoms. The van der Waals surface area contributed by atoms with Gasteiger partial charge < -0.3 is 14.7 Å². The average Bonchev–Trinajstić information content (AvgIpc) is 3.10. The van der Waals surface area contributed by atoms with Gasteiger partial charge in [0, 0.05) is 56.4 Å². The zero-order valence-corrected chi connectivity index (χ0v) is 19.1. The van der Waals surface area contributed by atoms with Gasteiger partial charge in [0.15, 0.2) is 5.84 Å². The Labute approximate surface area is 189 Å². The number of benzene rings is 2. The molecule has 0 saturated carbocycles. The number of rotatable bonds is 2. The number of hydrogen-bond acceptors (Lipinski definition) is 5. The lowest BCUT2D eigenvalue weighted by molar-refractivity contribution is -0.137. The van der Waals surface area contributed by atoms with Crippen LogP contribution in [-0.4, -0.2) is 69.2 Å². The van der Waals surface area contributed by atoms with Gasteiger partial charge in [0.1, 0.15) is 4.90 Å². The van der Waals surface area contributed by atoms with Crippen molar-refractivity contribution in [1.29, 1.82) is 0 Å². The van der Waals surface area contributed by atoms with Gasteiger partial charge in [-0.2, -0.15) is 8.42 Å². The van der Waals surface area contributed by atoms with Crippen molar-refractivity contribution in [1.82, 2.24) is 9.80 Å². The number of likely N-dealkylation sites (tertiary alicyclic amines) is 1. The van der Waals surface area contributed by atoms with E-state index in [-0.39, 0.29) is 16.7 Å². The molecule has 5 rings (SSSR count). The number of aryl methyl sites for hydroxylation is 1. The van der Waals surface area contributed by atoms with E-state index in [1.165, 1.54) is 11.3 Å². The molecule has 32 heavy (non-hydrogen) atoms. The molecule has 0 radical (unpaired) electrons. The fourth-order valence-electron chi connectivity index (χ4n) is 4.92. The fraction of sp³-hybridized carbons (Fsp3) is 0.417. The highest BCUT2D eigenvalue weighted by molar-refractivity contribution is 7.90. The third-order valence-electron chi connectivity index (χ3n) is 6.71. The number of piperazine rings is 1. The Morgan fingerprint density at radius 3 is 2.34 bits per heavy atom. The second-order valence-corrected chi connectivity index (χ2v) is 10.4. The Bertz CT molecular complexity index is 1160. The molecule has 168 valence electrons. The number of piperidine rings is 1. The maximum absolute atomic E-state index is 13.1. The predicted molar refractivity (Wildman–Crippen MR) is 124 cm³/mol. The van der Waals surface area contributed by atoms with Crippen LogP contribution < -0.4 is 4.90 Å². The third kappa shape index (κ3) is 3.88. The van der Waals surface area contributed by atoms with E-state index in [2.05, 4.69) is 40.5 Å². The summed E-state index contributed by atoms with van der Waals surface area (Å²) in [6.07, 6.45) is 1.44. The Morgan fingerprint density at radius 2 is 1.62 bits per heavy atom. The SMILES string of the molecule is Cc1cccc(N2CCN(C(=O)C3CCN(C4=NS(=O)(=O)c5ccccc54)CC3)CC2)c1. The number of carbonyl (C=O) groups excluding carboxylic acids is 1. The number of anilines is 1. The molecule has 0 aliphatic carbocycles. The van der Waals surface area contributed by atoms with Gasteiger partial charge in [0.25, 0.3) is 10.0 Å². The topological polar surface area (TPSA) is 73.3 Å². The number of hydrogen-bond donors (Lipinski definition) is 0. The van der Waals surface area contributed by atoms with Crippen LogP contribution in [0.25, 0.3) is 0 Å². The Morgan fingerprint density at radius 1 is 0.906 bits per heavy atom. The minimum absolute atomic E-state index is 0.00868. The summed E-state index contributed by atoms with van der Waals surface area (Å²) in [7, 11) is -3.62. The lowest BCUT2D eigenvalue weighted by Crippen LogP contribution is -2.52. The smallest absolute Gasteiger partial charge is 0.285 e. The largest absolute Gasteiger partial charge is 0.368 e. The van der Waals surface area contributed by atoms with Crippen molar-refractivity contribution in [3.05, 3.63) is 59.7 Å². The van der Waals surface area contributed by atoms with Gasteiger partial charge in [-0.15, -0.1) is 4.40 Å². The molecule has 0 unspecified atom stereocenters. The highest BCUT2D eigenvalue weighted by Gasteiger charge is 2.35. The van der Waals surface area contributed by atoms with E-state index in [0.717, 1.165) is 39.0 Å². The predicted octanol–water partition coefficient (Wildman–Crippen LogP) is 2.50. The minimum Gasteiger partial charge on any atom is -0.368 e. The maximum atomic E-state index is 13.1. The monoisotopic (exact) mass is 452 g/mol. The van der Waals surface area contributed by atoms with Crippen LogP contribution in [0.4, 0.5) is 5.69 Å². The Balaban J connectivity index is 1.18. The summed E-state index contributed by atoms with van der Waals surface area (Å²) >= 11 is 0. The summed E-state index contributed by atoms with van der Waals surface area (Å²) in [6.45, 7) is 6.56. The van der Waals surface area contributed by atoms with Gasteiger partial charge in [-0.05, 0) is 49.6 Å². The summed E-state index contributed by atoms with van der Waals surface area (Å²) in [5.41, 5.74) is 3.14. The van der Waals surface area contributed by atoms with Gasteiger partial charge in [0.05, 0.1) is 0 Å². The first kappa shape index (κ1) is 21.0. The standard InChI is InChI=1S/C24H28N4O3S/c1-18-5-4-6-20(17-18)26-13-15-28(16-14-26)24(29)19-9-11-27(12-10-19)23-21-7-2-3-8-22(21)32(30,31)25-23/h2-8,17,19H,9-16H2,1H3. The first-order valence-electron chi connectivity index (χ1n) is 11.2. The van der Waals surface area contributed by atoms with Crippen LogP contribution in [0, 0.1) is 12.8 Å². The number of fused-ring (bicyclic) bond motifs is 1. The zero-order chi connectivity index (χ0) is 22.3. The molecule has 0 atom stereocenters. The lowest BCUT2D eigenvalue weighted by Gasteiger charge is -2.39. The fourth-order valence-corrected chi connectivity index (χ4v) is 6.15. The van der Waals surface area contributed by atoms with E-state index < -0.39 is 10.0 Å². The van der Waals surface area contributed by atoms with Crippen LogP contribution in [0.2, 0.25) is 0 Å². The summed E-state index contributed by atoms with van der Waals surface area (Å²) < 4.78 is 28.7. The summed E-state index contributed by atoms with van der Waals surface area (Å²) in [5, 5.41) is 0. The van der Waals surface area contributed by atoms with Gasteiger partial charge >= 0.3 is 0 Å². The molecule has 3 heterocycles. The van der Waals surface area contributed by atoms with Crippen LogP contribution in [0.5, 0.6) is 0 Å². The number of amidine groups is 1. The van der Waals surface area contributed by atoms with Gasteiger partial charge in [0.2, 0.25) is 5.91 Å². The molecule has 3 aliphatic heterocycles. The Hall–Kier alpha value is -2.87. The molecule has 8 heteroatoms. The van der Waals surface area contributed by atoms with E-state index in [1.54, 1.807) is 12.1 Å². The molecule has 2 aromatic rings. The van der Waals surface area contributed by atoms with Crippen molar-refractivity contribution >= 4 is 27.5 Å². The highest BCUT2D eigenvalue weighted by atomic mass is 32.2. The normalized spacial score (nSPS) is 20.8. The van der Waals surface area contributed by atoms with Crippen LogP contribution in [-0.2, 0) is 14.8 Å². The van der Waals surface area contributed by atoms with E-state index in [1.807, 2.05) is 21.9 Å². The molecule has 0 bridgehead atoms. The molecule has 2 aromatic carbocycles. The zero-order valence-electron chi connectivity index (χ0n) is 18.3. The highest BCUT2D eigenvalue weighted by Crippen LogP contribution is 2.30. The Kier molecular flexibility index (Phi) is 5.41. The maximum Gasteiger partial charge on any atom is 0.285 e. The number of nitrogens with zero attached hydrogens (tertiary/aromatic N) is 4. The van der Waals surface area contributed by atoms with Crippen molar-refractivity contribution in [3.63, 3.8) is 0 Å². The summed E-state index contributed by atoms with van der Waals surface area (Å²) in [4.78, 5) is 19.8. The third-order valence-corrected chi connectivity index (χ3v) is 8.04. The number of amides is 1. The van der Waals surface area contributed by atoms with Crippen molar-refractivity contribution < 1.29 is 13.2 Å². The van der Waals surface area contributed by atoms with Crippen molar-refractivity contribution in [2.45, 2.75) is 24.7 Å². The molecular weight excluding hydrogens is 424 g/mol. The minimum atomic E-state index is -3.62. The molecule has 1 amide bonds. The average molecular weight is 453 g/mol. The summed E-state index contributed by atoms with van der Waals surface area (Å²) in [5.74, 6) is 0.749. The van der Waals surface area contributed by atoms with Crippen LogP contribution >= 0.6 is 0 Å². The number of carbonyl (C=O) groups is 1. The summed E-state index contributed by atoms with van der Waals surface area (Å²) in [6, 6.07) is 15.5. The van der Waals surface area contributed by atoms with Crippen molar-refractivity contribution in [3.8, 4) is 0 Å². The molecule has 0 N–H and O–H groups in total. The van der Waals surface area contributed by atoms with E-state index in [9.17, 15) is 13.2 Å². The molecule has 2 fully saturated rings. The van der Waals surface area contributed by atoms with E-state index >= 15 is 0 Å². The van der Waals surface area contributed by atoms with Gasteiger partial charge in [-0.1, -0.05) is 24.3 Å². The van der Waals surface area contributed by atoms with E-state index in [4.69, 9.17) is 0 Å². The molecule has 7 nitrogen and oxygen atoms in total. The van der Waals surface area contributed by atoms with Gasteiger partial charge in [-0.3, -0.25) is 4.79 Å². The van der Waals surface area contributed by atoms with Gasteiger partial charge in [-0.25, -0.2) is 0 Å². The molecule has 2 saturated heterocycles. The second-order valence-electron chi connectivity index (χ2n) is 8.80. The number of sulfonamides is 1. The second kappa shape index (κ2) is 8.24. The van der Waals surface area contributed by atoms with Crippen LogP contribution in [0.3, 0.4) is 0 Å². The van der Waals surface area contributed by atoms with Crippen LogP contribution in [0.15, 0.2) is 57.8 Å². The molecule has 0 aromatic heterocycles. The first-order valence-corrected chi connectivity index (χ1v) is 12.7. The quantitative estimate of drug-likeness (QED) is 0.700.